The van der Waals surface area contributed by atoms with Gasteiger partial charge < -0.3 is 9.64 Å². The maximum absolute atomic E-state index is 12.5. The Labute approximate surface area is 148 Å². The standard InChI is InChI=1S/C16H21F3N4OS/c1-22-14-6-5-12(24-16(17,18)19)8-13(14)15(21-22)23-7-3-4-11(10-23)9-20-25-2/h5-6,8,11,20H,3-4,7,9-10H2,1-2H3. The number of ether oxygens (including phenoxy) is 1. The van der Waals surface area contributed by atoms with Gasteiger partial charge >= 0.3 is 6.36 Å². The van der Waals surface area contributed by atoms with Crippen LogP contribution < -0.4 is 14.4 Å². The van der Waals surface area contributed by atoms with Crippen LogP contribution in [0, 0.1) is 5.92 Å². The van der Waals surface area contributed by atoms with Crippen LogP contribution in [0.5, 0.6) is 5.75 Å². The molecule has 1 aliphatic heterocycles. The quantitative estimate of drug-likeness (QED) is 0.811. The summed E-state index contributed by atoms with van der Waals surface area (Å²) in [5, 5.41) is 5.23. The first-order valence-corrected chi connectivity index (χ1v) is 9.33. The molecule has 1 aromatic carbocycles. The number of alkyl halides is 3. The second-order valence-corrected chi connectivity index (χ2v) is 6.88. The number of benzene rings is 1. The fraction of sp³-hybridized carbons (Fsp3) is 0.562. The van der Waals surface area contributed by atoms with Gasteiger partial charge in [-0.3, -0.25) is 9.40 Å². The molecule has 1 aliphatic rings. The van der Waals surface area contributed by atoms with Gasteiger partial charge in [-0.1, -0.05) is 11.9 Å². The van der Waals surface area contributed by atoms with E-state index in [1.54, 1.807) is 29.7 Å². The van der Waals surface area contributed by atoms with Crippen molar-refractivity contribution in [2.45, 2.75) is 19.2 Å². The maximum atomic E-state index is 12.5. The molecular weight excluding hydrogens is 353 g/mol. The Bertz CT molecular complexity index is 734. The van der Waals surface area contributed by atoms with Crippen molar-refractivity contribution in [1.82, 2.24) is 14.5 Å². The minimum absolute atomic E-state index is 0.216. The SMILES string of the molecule is CSNCC1CCCN(c2nn(C)c3ccc(OC(F)(F)F)cc23)C1. The van der Waals surface area contributed by atoms with Crippen LogP contribution in [0.4, 0.5) is 19.0 Å². The van der Waals surface area contributed by atoms with E-state index in [4.69, 9.17) is 0 Å². The van der Waals surface area contributed by atoms with Gasteiger partial charge in [0.25, 0.3) is 0 Å². The largest absolute Gasteiger partial charge is 0.573 e. The third kappa shape index (κ3) is 4.33. The average molecular weight is 374 g/mol. The van der Waals surface area contributed by atoms with E-state index in [-0.39, 0.29) is 5.75 Å². The summed E-state index contributed by atoms with van der Waals surface area (Å²) in [4.78, 5) is 2.16. The first kappa shape index (κ1) is 18.2. The van der Waals surface area contributed by atoms with Crippen LogP contribution in [-0.4, -0.2) is 42.0 Å². The Hall–Kier alpha value is -1.61. The average Bonchev–Trinajstić information content (AvgIpc) is 2.88. The Balaban J connectivity index is 1.88. The molecule has 1 saturated heterocycles. The van der Waals surface area contributed by atoms with Gasteiger partial charge in [0, 0.05) is 32.1 Å². The molecule has 1 fully saturated rings. The molecule has 0 aliphatic carbocycles. The third-order valence-corrected chi connectivity index (χ3v) is 4.83. The number of hydrogen-bond acceptors (Lipinski definition) is 5. The normalized spacial score (nSPS) is 18.8. The van der Waals surface area contributed by atoms with E-state index in [1.165, 1.54) is 12.1 Å². The zero-order valence-corrected chi connectivity index (χ0v) is 15.0. The minimum atomic E-state index is -4.70. The van der Waals surface area contributed by atoms with Crippen LogP contribution in [0.1, 0.15) is 12.8 Å². The van der Waals surface area contributed by atoms with Crippen molar-refractivity contribution in [2.24, 2.45) is 13.0 Å². The number of hydrogen-bond donors (Lipinski definition) is 1. The summed E-state index contributed by atoms with van der Waals surface area (Å²) in [7, 11) is 1.80. The molecule has 0 spiro atoms. The van der Waals surface area contributed by atoms with Gasteiger partial charge in [0.1, 0.15) is 5.75 Å². The lowest BCUT2D eigenvalue weighted by atomic mass is 9.98. The van der Waals surface area contributed by atoms with Crippen LogP contribution in [0.15, 0.2) is 18.2 Å². The van der Waals surface area contributed by atoms with Gasteiger partial charge in [-0.25, -0.2) is 0 Å². The summed E-state index contributed by atoms with van der Waals surface area (Å²) >= 11 is 1.59. The summed E-state index contributed by atoms with van der Waals surface area (Å²) in [6.45, 7) is 2.60. The number of fused-ring (bicyclic) bond motifs is 1. The highest BCUT2D eigenvalue weighted by atomic mass is 32.2. The molecule has 0 saturated carbocycles. The van der Waals surface area contributed by atoms with Gasteiger partial charge in [0.15, 0.2) is 5.82 Å². The predicted molar refractivity (Wildman–Crippen MR) is 93.9 cm³/mol. The smallest absolute Gasteiger partial charge is 0.406 e. The topological polar surface area (TPSA) is 42.3 Å². The summed E-state index contributed by atoms with van der Waals surface area (Å²) in [5.41, 5.74) is 0.786. The number of aromatic nitrogens is 2. The van der Waals surface area contributed by atoms with E-state index in [1.807, 2.05) is 6.26 Å². The summed E-state index contributed by atoms with van der Waals surface area (Å²) < 4.78 is 46.6. The van der Waals surface area contributed by atoms with Crippen molar-refractivity contribution in [3.05, 3.63) is 18.2 Å². The molecule has 1 N–H and O–H groups in total. The van der Waals surface area contributed by atoms with Crippen molar-refractivity contribution in [1.29, 1.82) is 0 Å². The highest BCUT2D eigenvalue weighted by Crippen LogP contribution is 2.33. The highest BCUT2D eigenvalue weighted by Gasteiger charge is 2.31. The van der Waals surface area contributed by atoms with Crippen molar-refractivity contribution >= 4 is 28.7 Å². The molecule has 1 atom stereocenters. The number of aryl methyl sites for hydroxylation is 1. The van der Waals surface area contributed by atoms with Gasteiger partial charge in [-0.05, 0) is 43.2 Å². The van der Waals surface area contributed by atoms with Gasteiger partial charge in [-0.2, -0.15) is 5.10 Å². The Morgan fingerprint density at radius 1 is 1.40 bits per heavy atom. The number of nitrogens with zero attached hydrogens (tertiary/aromatic N) is 3. The zero-order chi connectivity index (χ0) is 18.0. The van der Waals surface area contributed by atoms with Crippen molar-refractivity contribution in [2.75, 3.05) is 30.8 Å². The third-order valence-electron chi connectivity index (χ3n) is 4.37. The van der Waals surface area contributed by atoms with E-state index in [9.17, 15) is 13.2 Å². The highest BCUT2D eigenvalue weighted by molar-refractivity contribution is 7.96. The van der Waals surface area contributed by atoms with E-state index in [0.717, 1.165) is 43.8 Å². The molecule has 0 amide bonds. The Morgan fingerprint density at radius 2 is 2.20 bits per heavy atom. The molecule has 3 rings (SSSR count). The minimum Gasteiger partial charge on any atom is -0.406 e. The molecule has 5 nitrogen and oxygen atoms in total. The Morgan fingerprint density at radius 3 is 2.92 bits per heavy atom. The van der Waals surface area contributed by atoms with Crippen molar-refractivity contribution in [3.8, 4) is 5.75 Å². The number of nitrogens with one attached hydrogen (secondary N) is 1. The zero-order valence-electron chi connectivity index (χ0n) is 14.1. The van der Waals surface area contributed by atoms with Gasteiger partial charge in [0.2, 0.25) is 0 Å². The second kappa shape index (κ2) is 7.33. The molecule has 1 unspecified atom stereocenters. The van der Waals surface area contributed by atoms with Crippen LogP contribution in [0.2, 0.25) is 0 Å². The summed E-state index contributed by atoms with van der Waals surface area (Å²) in [5.74, 6) is 0.999. The van der Waals surface area contributed by atoms with Gasteiger partial charge in [-0.15, -0.1) is 13.2 Å². The second-order valence-electron chi connectivity index (χ2n) is 6.18. The van der Waals surface area contributed by atoms with Crippen LogP contribution >= 0.6 is 11.9 Å². The molecule has 2 heterocycles. The molecule has 25 heavy (non-hydrogen) atoms. The molecule has 0 bridgehead atoms. The summed E-state index contributed by atoms with van der Waals surface area (Å²) in [6, 6.07) is 4.36. The fourth-order valence-electron chi connectivity index (χ4n) is 3.28. The molecule has 0 radical (unpaired) electrons. The van der Waals surface area contributed by atoms with Crippen LogP contribution in [0.25, 0.3) is 10.9 Å². The van der Waals surface area contributed by atoms with Crippen molar-refractivity contribution < 1.29 is 17.9 Å². The number of halogens is 3. The van der Waals surface area contributed by atoms with Crippen molar-refractivity contribution in [3.63, 3.8) is 0 Å². The molecule has 2 aromatic rings. The Kier molecular flexibility index (Phi) is 5.33. The fourth-order valence-corrected chi connectivity index (χ4v) is 3.68. The monoisotopic (exact) mass is 374 g/mol. The van der Waals surface area contributed by atoms with E-state index < -0.39 is 6.36 Å². The molecule has 138 valence electrons. The van der Waals surface area contributed by atoms with Crippen LogP contribution in [-0.2, 0) is 7.05 Å². The first-order chi connectivity index (χ1) is 11.9. The summed E-state index contributed by atoms with van der Waals surface area (Å²) in [6.07, 6.45) is -0.528. The number of rotatable bonds is 5. The molecular formula is C16H21F3N4OS. The maximum Gasteiger partial charge on any atom is 0.573 e. The number of piperidine rings is 1. The van der Waals surface area contributed by atoms with E-state index >= 15 is 0 Å². The molecule has 1 aromatic heterocycles. The van der Waals surface area contributed by atoms with Crippen LogP contribution in [0.3, 0.4) is 0 Å². The lowest BCUT2D eigenvalue weighted by Gasteiger charge is -2.33. The first-order valence-electron chi connectivity index (χ1n) is 8.10. The van der Waals surface area contributed by atoms with E-state index in [0.29, 0.717) is 11.3 Å². The number of anilines is 1. The predicted octanol–water partition coefficient (Wildman–Crippen LogP) is 3.56. The molecule has 9 heteroatoms. The lowest BCUT2D eigenvalue weighted by Crippen LogP contribution is -2.39. The van der Waals surface area contributed by atoms with Gasteiger partial charge in [0.05, 0.1) is 5.52 Å². The van der Waals surface area contributed by atoms with E-state index in [2.05, 4.69) is 19.5 Å². The lowest BCUT2D eigenvalue weighted by molar-refractivity contribution is -0.274.